The van der Waals surface area contributed by atoms with Crippen LogP contribution in [0.5, 0.6) is 0 Å². The molecule has 0 atom stereocenters. The van der Waals surface area contributed by atoms with Gasteiger partial charge in [-0.2, -0.15) is 0 Å². The Bertz CT molecular complexity index is 819. The Kier molecular flexibility index (Phi) is 3.17. The molecule has 2 aromatic carbocycles. The van der Waals surface area contributed by atoms with Crippen LogP contribution in [0.2, 0.25) is 0 Å². The SMILES string of the molecule is Cn1ccc2c(C(=O)Nc3c(F)cccc3F)cccc21. The summed E-state index contributed by atoms with van der Waals surface area (Å²) in [4.78, 5) is 12.3. The topological polar surface area (TPSA) is 34.0 Å². The van der Waals surface area contributed by atoms with E-state index >= 15 is 0 Å². The van der Waals surface area contributed by atoms with Crippen LogP contribution in [0.4, 0.5) is 14.5 Å². The zero-order valence-electron chi connectivity index (χ0n) is 11.2. The number of carbonyl (C=O) groups is 1. The standard InChI is InChI=1S/C16H12F2N2O/c1-20-9-8-10-11(4-2-7-14(10)20)16(21)19-15-12(17)5-3-6-13(15)18/h2-9H,1H3,(H,19,21). The molecule has 5 heteroatoms. The van der Waals surface area contributed by atoms with E-state index in [0.717, 1.165) is 23.0 Å². The highest BCUT2D eigenvalue weighted by atomic mass is 19.1. The van der Waals surface area contributed by atoms with Crippen LogP contribution in [0.25, 0.3) is 10.9 Å². The van der Waals surface area contributed by atoms with Crippen LogP contribution >= 0.6 is 0 Å². The minimum atomic E-state index is -0.802. The molecule has 1 aromatic heterocycles. The molecule has 21 heavy (non-hydrogen) atoms. The van der Waals surface area contributed by atoms with Crippen molar-refractivity contribution in [2.45, 2.75) is 0 Å². The molecule has 3 nitrogen and oxygen atoms in total. The van der Waals surface area contributed by atoms with Gasteiger partial charge in [0.15, 0.2) is 0 Å². The van der Waals surface area contributed by atoms with Crippen molar-refractivity contribution >= 4 is 22.5 Å². The quantitative estimate of drug-likeness (QED) is 0.765. The van der Waals surface area contributed by atoms with Crippen molar-refractivity contribution in [2.75, 3.05) is 5.32 Å². The van der Waals surface area contributed by atoms with Gasteiger partial charge in [-0.25, -0.2) is 8.78 Å². The molecular weight excluding hydrogens is 274 g/mol. The van der Waals surface area contributed by atoms with Crippen molar-refractivity contribution in [1.29, 1.82) is 0 Å². The maximum Gasteiger partial charge on any atom is 0.256 e. The average Bonchev–Trinajstić information content (AvgIpc) is 2.85. The van der Waals surface area contributed by atoms with Gasteiger partial charge in [-0.05, 0) is 30.3 Å². The smallest absolute Gasteiger partial charge is 0.256 e. The highest BCUT2D eigenvalue weighted by Crippen LogP contribution is 2.23. The van der Waals surface area contributed by atoms with E-state index < -0.39 is 23.2 Å². The molecule has 1 heterocycles. The molecule has 0 fully saturated rings. The Labute approximate surface area is 119 Å². The Morgan fingerprint density at radius 1 is 1.05 bits per heavy atom. The van der Waals surface area contributed by atoms with Crippen molar-refractivity contribution in [3.8, 4) is 0 Å². The van der Waals surface area contributed by atoms with Crippen molar-refractivity contribution in [3.63, 3.8) is 0 Å². The molecular formula is C16H12F2N2O. The van der Waals surface area contributed by atoms with Gasteiger partial charge in [-0.15, -0.1) is 0 Å². The van der Waals surface area contributed by atoms with E-state index in [0.29, 0.717) is 5.56 Å². The van der Waals surface area contributed by atoms with Gasteiger partial charge in [0.25, 0.3) is 5.91 Å². The first-order valence-corrected chi connectivity index (χ1v) is 6.37. The average molecular weight is 286 g/mol. The number of hydrogen-bond acceptors (Lipinski definition) is 1. The Morgan fingerprint density at radius 3 is 2.43 bits per heavy atom. The van der Waals surface area contributed by atoms with Gasteiger partial charge >= 0.3 is 0 Å². The second-order valence-corrected chi connectivity index (χ2v) is 4.72. The summed E-state index contributed by atoms with van der Waals surface area (Å²) in [6.45, 7) is 0. The van der Waals surface area contributed by atoms with Crippen LogP contribution < -0.4 is 5.32 Å². The lowest BCUT2D eigenvalue weighted by Crippen LogP contribution is -2.14. The molecule has 3 rings (SSSR count). The molecule has 3 aromatic rings. The van der Waals surface area contributed by atoms with Gasteiger partial charge < -0.3 is 9.88 Å². The number of amides is 1. The van der Waals surface area contributed by atoms with Crippen LogP contribution in [-0.4, -0.2) is 10.5 Å². The molecule has 0 aliphatic heterocycles. The first-order valence-electron chi connectivity index (χ1n) is 6.37. The number of aromatic nitrogens is 1. The number of para-hydroxylation sites is 1. The number of nitrogens with one attached hydrogen (secondary N) is 1. The number of benzene rings is 2. The molecule has 0 radical (unpaired) electrons. The highest BCUT2D eigenvalue weighted by Gasteiger charge is 2.16. The summed E-state index contributed by atoms with van der Waals surface area (Å²) >= 11 is 0. The van der Waals surface area contributed by atoms with Gasteiger partial charge in [0.05, 0.1) is 0 Å². The summed E-state index contributed by atoms with van der Waals surface area (Å²) < 4.78 is 29.0. The first-order chi connectivity index (χ1) is 10.1. The van der Waals surface area contributed by atoms with E-state index in [2.05, 4.69) is 5.32 Å². The molecule has 0 aliphatic carbocycles. The maximum absolute atomic E-state index is 13.6. The molecule has 106 valence electrons. The molecule has 0 unspecified atom stereocenters. The summed E-state index contributed by atoms with van der Waals surface area (Å²) in [6, 6.07) is 10.5. The normalized spacial score (nSPS) is 10.8. The number of halogens is 2. The molecule has 0 saturated carbocycles. The molecule has 1 N–H and O–H groups in total. The summed E-state index contributed by atoms with van der Waals surface area (Å²) in [5.41, 5.74) is 0.808. The fourth-order valence-corrected chi connectivity index (χ4v) is 2.30. The van der Waals surface area contributed by atoms with Crippen molar-refractivity contribution in [1.82, 2.24) is 4.57 Å². The summed E-state index contributed by atoms with van der Waals surface area (Å²) in [5.74, 6) is -2.15. The summed E-state index contributed by atoms with van der Waals surface area (Å²) in [5, 5.41) is 3.03. The molecule has 1 amide bonds. The number of rotatable bonds is 2. The minimum absolute atomic E-state index is 0.371. The Balaban J connectivity index is 2.02. The summed E-state index contributed by atoms with van der Waals surface area (Å²) in [6.07, 6.45) is 1.82. The highest BCUT2D eigenvalue weighted by molar-refractivity contribution is 6.12. The molecule has 0 saturated heterocycles. The lowest BCUT2D eigenvalue weighted by atomic mass is 10.1. The van der Waals surface area contributed by atoms with E-state index in [1.165, 1.54) is 6.07 Å². The third-order valence-corrected chi connectivity index (χ3v) is 3.37. The predicted molar refractivity (Wildman–Crippen MR) is 77.2 cm³/mol. The second-order valence-electron chi connectivity index (χ2n) is 4.72. The van der Waals surface area contributed by atoms with E-state index in [4.69, 9.17) is 0 Å². The lowest BCUT2D eigenvalue weighted by Gasteiger charge is -2.08. The number of nitrogens with zero attached hydrogens (tertiary/aromatic N) is 1. The monoisotopic (exact) mass is 286 g/mol. The van der Waals surface area contributed by atoms with Crippen LogP contribution in [-0.2, 0) is 7.05 Å². The van der Waals surface area contributed by atoms with E-state index in [9.17, 15) is 13.6 Å². The number of aryl methyl sites for hydroxylation is 1. The maximum atomic E-state index is 13.6. The number of fused-ring (bicyclic) bond motifs is 1. The van der Waals surface area contributed by atoms with Crippen molar-refractivity contribution in [2.24, 2.45) is 7.05 Å². The second kappa shape index (κ2) is 5.01. The molecule has 0 aliphatic rings. The van der Waals surface area contributed by atoms with Crippen molar-refractivity contribution < 1.29 is 13.6 Å². The van der Waals surface area contributed by atoms with Crippen LogP contribution in [0.3, 0.4) is 0 Å². The number of carbonyl (C=O) groups excluding carboxylic acids is 1. The van der Waals surface area contributed by atoms with Crippen LogP contribution in [0.1, 0.15) is 10.4 Å². The molecule has 0 spiro atoms. The third kappa shape index (κ3) is 2.27. The molecule has 0 bridgehead atoms. The Hall–Kier alpha value is -2.69. The fourth-order valence-electron chi connectivity index (χ4n) is 2.30. The van der Waals surface area contributed by atoms with E-state index in [1.807, 2.05) is 23.9 Å². The number of hydrogen-bond donors (Lipinski definition) is 1. The largest absolute Gasteiger partial charge is 0.351 e. The van der Waals surface area contributed by atoms with Gasteiger partial charge in [0, 0.05) is 29.7 Å². The lowest BCUT2D eigenvalue weighted by molar-refractivity contribution is 0.102. The first kappa shape index (κ1) is 13.3. The van der Waals surface area contributed by atoms with Gasteiger partial charge in [0.1, 0.15) is 17.3 Å². The minimum Gasteiger partial charge on any atom is -0.351 e. The van der Waals surface area contributed by atoms with Gasteiger partial charge in [-0.1, -0.05) is 12.1 Å². The van der Waals surface area contributed by atoms with Crippen LogP contribution in [0.15, 0.2) is 48.7 Å². The third-order valence-electron chi connectivity index (χ3n) is 3.37. The fraction of sp³-hybridized carbons (Fsp3) is 0.0625. The number of anilines is 1. The zero-order valence-corrected chi connectivity index (χ0v) is 11.2. The van der Waals surface area contributed by atoms with E-state index in [-0.39, 0.29) is 0 Å². The Morgan fingerprint density at radius 2 is 1.71 bits per heavy atom. The van der Waals surface area contributed by atoms with Crippen molar-refractivity contribution in [3.05, 3.63) is 65.9 Å². The van der Waals surface area contributed by atoms with Crippen LogP contribution in [0, 0.1) is 11.6 Å². The van der Waals surface area contributed by atoms with E-state index in [1.54, 1.807) is 18.2 Å². The summed E-state index contributed by atoms with van der Waals surface area (Å²) in [7, 11) is 1.86. The predicted octanol–water partition coefficient (Wildman–Crippen LogP) is 3.71. The van der Waals surface area contributed by atoms with Gasteiger partial charge in [-0.3, -0.25) is 4.79 Å². The zero-order chi connectivity index (χ0) is 15.0. The van der Waals surface area contributed by atoms with Gasteiger partial charge in [0.2, 0.25) is 0 Å².